The van der Waals surface area contributed by atoms with E-state index in [1.54, 1.807) is 6.26 Å². The number of hydrogen-bond donors (Lipinski definition) is 1. The molecular formula is C9H7N7O6S. The van der Waals surface area contributed by atoms with Crippen molar-refractivity contribution in [1.82, 2.24) is 14.8 Å². The molecule has 1 aromatic carbocycles. The van der Waals surface area contributed by atoms with Crippen molar-refractivity contribution in [2.75, 3.05) is 12.0 Å². The lowest BCUT2D eigenvalue weighted by Crippen LogP contribution is -2.09. The third-order valence-corrected chi connectivity index (χ3v) is 3.20. The number of rotatable bonds is 5. The lowest BCUT2D eigenvalue weighted by atomic mass is 10.2. The Morgan fingerprint density at radius 3 is 1.96 bits per heavy atom. The van der Waals surface area contributed by atoms with Gasteiger partial charge < -0.3 is 5.73 Å². The second kappa shape index (κ2) is 5.84. The minimum Gasteiger partial charge on any atom is -0.368 e. The highest BCUT2D eigenvalue weighted by molar-refractivity contribution is 7.98. The summed E-state index contributed by atoms with van der Waals surface area (Å²) in [5.74, 6) is -0.325. The van der Waals surface area contributed by atoms with E-state index < -0.39 is 37.5 Å². The molecule has 0 aliphatic heterocycles. The third kappa shape index (κ3) is 2.86. The fourth-order valence-corrected chi connectivity index (χ4v) is 2.09. The van der Waals surface area contributed by atoms with E-state index >= 15 is 0 Å². The molecule has 0 amide bonds. The molecule has 0 saturated heterocycles. The summed E-state index contributed by atoms with van der Waals surface area (Å²) >= 11 is 1.06. The molecule has 0 aliphatic rings. The van der Waals surface area contributed by atoms with Gasteiger partial charge in [-0.15, -0.1) is 5.10 Å². The number of nitrogens with two attached hydrogens (primary N) is 1. The Morgan fingerprint density at radius 2 is 1.61 bits per heavy atom. The Kier molecular flexibility index (Phi) is 4.08. The van der Waals surface area contributed by atoms with Crippen molar-refractivity contribution in [3.05, 3.63) is 42.5 Å². The Hall–Kier alpha value is -3.29. The summed E-state index contributed by atoms with van der Waals surface area (Å²) in [6, 6.07) is 1.20. The first-order valence-electron chi connectivity index (χ1n) is 5.64. The van der Waals surface area contributed by atoms with E-state index in [0.717, 1.165) is 11.8 Å². The molecule has 0 saturated carbocycles. The van der Waals surface area contributed by atoms with E-state index in [1.165, 1.54) is 0 Å². The summed E-state index contributed by atoms with van der Waals surface area (Å²) in [5.41, 5.74) is 2.43. The standard InChI is InChI=1S/C9H7N7O6S/c1-23-9-11-8(10)13(12-9)7-5(15(19)20)2-4(14(17)18)3-6(7)16(21)22/h2-3H,1H3,(H2,10,11,12). The predicted molar refractivity (Wildman–Crippen MR) is 77.5 cm³/mol. The first-order valence-corrected chi connectivity index (χ1v) is 6.86. The monoisotopic (exact) mass is 341 g/mol. The molecule has 0 aliphatic carbocycles. The van der Waals surface area contributed by atoms with Crippen molar-refractivity contribution < 1.29 is 14.8 Å². The van der Waals surface area contributed by atoms with Gasteiger partial charge in [-0.1, -0.05) is 11.8 Å². The van der Waals surface area contributed by atoms with Crippen molar-refractivity contribution in [3.8, 4) is 5.69 Å². The van der Waals surface area contributed by atoms with Gasteiger partial charge in [-0.25, -0.2) is 0 Å². The number of anilines is 1. The van der Waals surface area contributed by atoms with Gasteiger partial charge in [0.25, 0.3) is 5.69 Å². The second-order valence-corrected chi connectivity index (χ2v) is 4.75. The summed E-state index contributed by atoms with van der Waals surface area (Å²) in [4.78, 5) is 34.0. The quantitative estimate of drug-likeness (QED) is 0.471. The van der Waals surface area contributed by atoms with Crippen LogP contribution in [-0.4, -0.2) is 35.8 Å². The predicted octanol–water partition coefficient (Wildman–Crippen LogP) is 1.30. The zero-order valence-electron chi connectivity index (χ0n) is 11.3. The van der Waals surface area contributed by atoms with E-state index in [9.17, 15) is 30.3 Å². The number of nitro groups is 3. The molecule has 120 valence electrons. The first kappa shape index (κ1) is 16.1. The number of nitrogen functional groups attached to an aromatic ring is 1. The molecule has 0 radical (unpaired) electrons. The Morgan fingerprint density at radius 1 is 1.09 bits per heavy atom. The van der Waals surface area contributed by atoms with Crippen LogP contribution in [0.1, 0.15) is 0 Å². The van der Waals surface area contributed by atoms with Crippen LogP contribution in [0, 0.1) is 30.3 Å². The van der Waals surface area contributed by atoms with E-state index in [-0.39, 0.29) is 11.1 Å². The summed E-state index contributed by atoms with van der Waals surface area (Å²) in [6.07, 6.45) is 1.61. The van der Waals surface area contributed by atoms with Gasteiger partial charge in [0.15, 0.2) is 0 Å². The highest BCUT2D eigenvalue weighted by Gasteiger charge is 2.33. The Balaban J connectivity index is 2.88. The van der Waals surface area contributed by atoms with Crippen LogP contribution in [-0.2, 0) is 0 Å². The number of hydrogen-bond acceptors (Lipinski definition) is 10. The minimum atomic E-state index is -0.991. The molecule has 0 spiro atoms. The molecule has 14 heteroatoms. The largest absolute Gasteiger partial charge is 0.368 e. The normalized spacial score (nSPS) is 10.5. The van der Waals surface area contributed by atoms with Crippen molar-refractivity contribution in [2.45, 2.75) is 5.16 Å². The maximum Gasteiger partial charge on any atom is 0.309 e. The topological polar surface area (TPSA) is 186 Å². The molecule has 0 unspecified atom stereocenters. The van der Waals surface area contributed by atoms with E-state index in [1.807, 2.05) is 0 Å². The number of nitro benzene ring substituents is 3. The van der Waals surface area contributed by atoms with Gasteiger partial charge in [0.2, 0.25) is 16.8 Å². The van der Waals surface area contributed by atoms with Gasteiger partial charge in [0.1, 0.15) is 0 Å². The molecule has 2 aromatic rings. The zero-order chi connectivity index (χ0) is 17.3. The van der Waals surface area contributed by atoms with Crippen molar-refractivity contribution in [1.29, 1.82) is 0 Å². The van der Waals surface area contributed by atoms with Crippen LogP contribution >= 0.6 is 11.8 Å². The van der Waals surface area contributed by atoms with Crippen LogP contribution in [0.2, 0.25) is 0 Å². The van der Waals surface area contributed by atoms with Gasteiger partial charge in [0.05, 0.1) is 26.9 Å². The molecule has 0 atom stereocenters. The Labute approximate surface area is 130 Å². The first-order chi connectivity index (χ1) is 10.8. The van der Waals surface area contributed by atoms with Crippen LogP contribution in [0.3, 0.4) is 0 Å². The van der Waals surface area contributed by atoms with E-state index in [2.05, 4.69) is 10.1 Å². The van der Waals surface area contributed by atoms with Crippen LogP contribution in [0.15, 0.2) is 17.3 Å². The van der Waals surface area contributed by atoms with Gasteiger partial charge in [-0.3, -0.25) is 30.3 Å². The minimum absolute atomic E-state index is 0.129. The lowest BCUT2D eigenvalue weighted by molar-refractivity contribution is -0.402. The van der Waals surface area contributed by atoms with Crippen LogP contribution in [0.4, 0.5) is 23.0 Å². The molecule has 23 heavy (non-hydrogen) atoms. The van der Waals surface area contributed by atoms with Crippen LogP contribution in [0.25, 0.3) is 5.69 Å². The summed E-state index contributed by atoms with van der Waals surface area (Å²) < 4.78 is 0.714. The lowest BCUT2D eigenvalue weighted by Gasteiger charge is -2.05. The smallest absolute Gasteiger partial charge is 0.309 e. The molecule has 1 aromatic heterocycles. The summed E-state index contributed by atoms with van der Waals surface area (Å²) in [5, 5.41) is 37.1. The fraction of sp³-hybridized carbons (Fsp3) is 0.111. The number of non-ortho nitro benzene ring substituents is 1. The van der Waals surface area contributed by atoms with Crippen LogP contribution < -0.4 is 5.73 Å². The molecule has 2 rings (SSSR count). The zero-order valence-corrected chi connectivity index (χ0v) is 12.1. The molecular weight excluding hydrogens is 334 g/mol. The Bertz CT molecular complexity index is 799. The van der Waals surface area contributed by atoms with Crippen LogP contribution in [0.5, 0.6) is 0 Å². The highest BCUT2D eigenvalue weighted by atomic mass is 32.2. The fourth-order valence-electron chi connectivity index (χ4n) is 1.75. The highest BCUT2D eigenvalue weighted by Crippen LogP contribution is 2.37. The average Bonchev–Trinajstić information content (AvgIpc) is 2.86. The number of nitrogens with zero attached hydrogens (tertiary/aromatic N) is 6. The van der Waals surface area contributed by atoms with Crippen molar-refractivity contribution in [2.24, 2.45) is 0 Å². The van der Waals surface area contributed by atoms with Gasteiger partial charge in [0, 0.05) is 0 Å². The molecule has 1 heterocycles. The van der Waals surface area contributed by atoms with E-state index in [0.29, 0.717) is 16.8 Å². The second-order valence-electron chi connectivity index (χ2n) is 3.97. The summed E-state index contributed by atoms with van der Waals surface area (Å²) in [7, 11) is 0. The third-order valence-electron chi connectivity index (χ3n) is 2.67. The maximum absolute atomic E-state index is 11.2. The van der Waals surface area contributed by atoms with Gasteiger partial charge >= 0.3 is 11.4 Å². The summed E-state index contributed by atoms with van der Waals surface area (Å²) in [6.45, 7) is 0. The maximum atomic E-state index is 11.2. The molecule has 0 bridgehead atoms. The molecule has 13 nitrogen and oxygen atoms in total. The van der Waals surface area contributed by atoms with Crippen molar-refractivity contribution >= 4 is 34.8 Å². The average molecular weight is 341 g/mol. The number of thioether (sulfide) groups is 1. The molecule has 2 N–H and O–H groups in total. The van der Waals surface area contributed by atoms with Gasteiger partial charge in [-0.2, -0.15) is 9.67 Å². The number of benzene rings is 1. The van der Waals surface area contributed by atoms with Gasteiger partial charge in [-0.05, 0) is 6.26 Å². The van der Waals surface area contributed by atoms with Crippen molar-refractivity contribution in [3.63, 3.8) is 0 Å². The van der Waals surface area contributed by atoms with E-state index in [4.69, 9.17) is 5.73 Å². The SMILES string of the molecule is CSc1nc(N)n(-c2c([N+](=O)[O-])cc([N+](=O)[O-])cc2[N+](=O)[O-])n1. The molecule has 0 fully saturated rings. The number of aromatic nitrogens is 3.